The van der Waals surface area contributed by atoms with Gasteiger partial charge in [-0.3, -0.25) is 4.72 Å². The molecule has 1 aromatic carbocycles. The van der Waals surface area contributed by atoms with E-state index in [9.17, 15) is 8.42 Å². The highest BCUT2D eigenvalue weighted by molar-refractivity contribution is 14.1. The molecule has 3 N–H and O–H groups in total. The van der Waals surface area contributed by atoms with Crippen molar-refractivity contribution in [3.05, 3.63) is 43.5 Å². The van der Waals surface area contributed by atoms with Gasteiger partial charge in [0.2, 0.25) is 0 Å². The predicted octanol–water partition coefficient (Wildman–Crippen LogP) is 3.49. The van der Waals surface area contributed by atoms with E-state index < -0.39 is 10.0 Å². The molecule has 0 amide bonds. The monoisotopic (exact) mass is 487 g/mol. The molecule has 106 valence electrons. The normalized spacial score (nSPS) is 11.3. The summed E-state index contributed by atoms with van der Waals surface area (Å²) in [4.78, 5) is 3.73. The van der Waals surface area contributed by atoms with Gasteiger partial charge in [-0.15, -0.1) is 0 Å². The van der Waals surface area contributed by atoms with Gasteiger partial charge in [0.1, 0.15) is 10.7 Å². The molecule has 9 heteroatoms. The minimum atomic E-state index is -3.82. The van der Waals surface area contributed by atoms with Gasteiger partial charge in [-0.05, 0) is 62.8 Å². The number of nitrogens with zero attached hydrogens (tertiary/aromatic N) is 1. The van der Waals surface area contributed by atoms with Gasteiger partial charge in [0.25, 0.3) is 10.0 Å². The van der Waals surface area contributed by atoms with E-state index in [1.807, 2.05) is 22.6 Å². The number of aromatic nitrogens is 1. The maximum Gasteiger partial charge on any atom is 0.265 e. The maximum absolute atomic E-state index is 12.3. The van der Waals surface area contributed by atoms with Crippen LogP contribution >= 0.6 is 50.1 Å². The van der Waals surface area contributed by atoms with Gasteiger partial charge in [-0.1, -0.05) is 11.6 Å². The van der Waals surface area contributed by atoms with E-state index in [1.165, 1.54) is 12.3 Å². The zero-order chi connectivity index (χ0) is 14.9. The fraction of sp³-hybridized carbons (Fsp3) is 0. The second-order valence-corrected chi connectivity index (χ2v) is 7.93. The van der Waals surface area contributed by atoms with E-state index in [0.29, 0.717) is 18.8 Å². The number of sulfonamides is 1. The summed E-state index contributed by atoms with van der Waals surface area (Å²) >= 11 is 11.0. The lowest BCUT2D eigenvalue weighted by molar-refractivity contribution is 0.601. The molecular weight excluding hydrogens is 480 g/mol. The summed E-state index contributed by atoms with van der Waals surface area (Å²) in [7, 11) is -3.82. The number of halogens is 3. The number of hydrogen-bond donors (Lipinski definition) is 2. The Morgan fingerprint density at radius 2 is 2.05 bits per heavy atom. The Balaban J connectivity index is 2.43. The third kappa shape index (κ3) is 3.54. The van der Waals surface area contributed by atoms with Crippen molar-refractivity contribution in [1.82, 2.24) is 4.98 Å². The molecule has 0 aliphatic carbocycles. The van der Waals surface area contributed by atoms with Crippen LogP contribution in [-0.2, 0) is 10.0 Å². The maximum atomic E-state index is 12.3. The second-order valence-electron chi connectivity index (χ2n) is 3.77. The van der Waals surface area contributed by atoms with E-state index in [0.717, 1.165) is 0 Å². The Morgan fingerprint density at radius 1 is 1.35 bits per heavy atom. The van der Waals surface area contributed by atoms with Crippen LogP contribution in [0.25, 0.3) is 0 Å². The molecule has 0 aliphatic heterocycles. The van der Waals surface area contributed by atoms with Gasteiger partial charge < -0.3 is 5.73 Å². The first-order valence-electron chi connectivity index (χ1n) is 5.18. The Bertz CT molecular complexity index is 770. The number of hydrogen-bond acceptors (Lipinski definition) is 4. The summed E-state index contributed by atoms with van der Waals surface area (Å²) in [5.41, 5.74) is 6.04. The highest BCUT2D eigenvalue weighted by Gasteiger charge is 2.20. The third-order valence-corrected chi connectivity index (χ3v) is 5.27. The lowest BCUT2D eigenvalue weighted by atomic mass is 10.3. The van der Waals surface area contributed by atoms with E-state index in [4.69, 9.17) is 17.3 Å². The Morgan fingerprint density at radius 3 is 2.70 bits per heavy atom. The van der Waals surface area contributed by atoms with Crippen molar-refractivity contribution < 1.29 is 8.42 Å². The molecule has 0 radical (unpaired) electrons. The Kier molecular flexibility index (Phi) is 4.77. The van der Waals surface area contributed by atoms with Crippen molar-refractivity contribution in [3.63, 3.8) is 0 Å². The number of rotatable bonds is 3. The summed E-state index contributed by atoms with van der Waals surface area (Å²) in [5, 5.41) is 0.529. The summed E-state index contributed by atoms with van der Waals surface area (Å²) < 4.78 is 28.3. The van der Waals surface area contributed by atoms with Crippen LogP contribution in [0.4, 0.5) is 11.5 Å². The fourth-order valence-corrected chi connectivity index (χ4v) is 4.28. The molecule has 0 spiro atoms. The first kappa shape index (κ1) is 15.8. The van der Waals surface area contributed by atoms with Gasteiger partial charge in [-0.25, -0.2) is 13.4 Å². The molecule has 0 unspecified atom stereocenters. The molecule has 0 fully saturated rings. The van der Waals surface area contributed by atoms with E-state index in [2.05, 4.69) is 25.6 Å². The minimum absolute atomic E-state index is 0.0651. The quantitative estimate of drug-likeness (QED) is 0.648. The number of nitrogens with two attached hydrogens (primary N) is 1. The highest BCUT2D eigenvalue weighted by atomic mass is 127. The van der Waals surface area contributed by atoms with Crippen molar-refractivity contribution in [2.45, 2.75) is 4.90 Å². The zero-order valence-corrected chi connectivity index (χ0v) is 15.1. The minimum Gasteiger partial charge on any atom is -0.383 e. The number of nitrogen functional groups attached to an aromatic ring is 1. The van der Waals surface area contributed by atoms with Crippen molar-refractivity contribution in [3.8, 4) is 0 Å². The molecule has 0 bridgehead atoms. The number of benzene rings is 1. The van der Waals surface area contributed by atoms with E-state index >= 15 is 0 Å². The second kappa shape index (κ2) is 6.04. The van der Waals surface area contributed by atoms with Crippen LogP contribution in [0.5, 0.6) is 0 Å². The molecular formula is C11H8BrClIN3O2S. The van der Waals surface area contributed by atoms with Crippen LogP contribution in [0.2, 0.25) is 5.02 Å². The summed E-state index contributed by atoms with van der Waals surface area (Å²) in [6, 6.07) is 6.24. The van der Waals surface area contributed by atoms with Gasteiger partial charge in [-0.2, -0.15) is 0 Å². The number of nitrogens with one attached hydrogen (secondary N) is 1. The van der Waals surface area contributed by atoms with Crippen LogP contribution in [-0.4, -0.2) is 13.4 Å². The first-order chi connectivity index (χ1) is 9.29. The topological polar surface area (TPSA) is 85.1 Å². The molecule has 0 atom stereocenters. The predicted molar refractivity (Wildman–Crippen MR) is 91.3 cm³/mol. The van der Waals surface area contributed by atoms with Gasteiger partial charge in [0, 0.05) is 19.3 Å². The Hall–Kier alpha value is -0.580. The average molecular weight is 489 g/mol. The number of anilines is 2. The lowest BCUT2D eigenvalue weighted by Gasteiger charge is -2.11. The zero-order valence-electron chi connectivity index (χ0n) is 9.77. The lowest BCUT2D eigenvalue weighted by Crippen LogP contribution is -2.16. The van der Waals surface area contributed by atoms with Crippen LogP contribution in [0, 0.1) is 3.57 Å². The molecule has 0 saturated carbocycles. The molecule has 1 heterocycles. The van der Waals surface area contributed by atoms with Crippen molar-refractivity contribution in [1.29, 1.82) is 0 Å². The molecule has 0 saturated heterocycles. The molecule has 2 aromatic rings. The van der Waals surface area contributed by atoms with Gasteiger partial charge >= 0.3 is 0 Å². The van der Waals surface area contributed by atoms with E-state index in [-0.39, 0.29) is 10.7 Å². The standard InChI is InChI=1S/C11H8BrClIN3O2S/c12-6-3-10(11(15)16-5-6)20(18,19)17-9-2-1-7(13)4-8(9)14/h1-5,17H,(H2,15,16). The Labute approximate surface area is 143 Å². The molecule has 1 aromatic heterocycles. The SMILES string of the molecule is Nc1ncc(Br)cc1S(=O)(=O)Nc1ccc(Cl)cc1I. The van der Waals surface area contributed by atoms with Gasteiger partial charge in [0.05, 0.1) is 5.69 Å². The average Bonchev–Trinajstić information content (AvgIpc) is 2.35. The highest BCUT2D eigenvalue weighted by Crippen LogP contribution is 2.27. The largest absolute Gasteiger partial charge is 0.383 e. The van der Waals surface area contributed by atoms with Crippen LogP contribution in [0.15, 0.2) is 39.8 Å². The van der Waals surface area contributed by atoms with Crippen LogP contribution in [0.3, 0.4) is 0 Å². The van der Waals surface area contributed by atoms with Gasteiger partial charge in [0.15, 0.2) is 0 Å². The summed E-state index contributed by atoms with van der Waals surface area (Å²) in [5.74, 6) is -0.0651. The molecule has 20 heavy (non-hydrogen) atoms. The molecule has 5 nitrogen and oxygen atoms in total. The van der Waals surface area contributed by atoms with Crippen LogP contribution in [0.1, 0.15) is 0 Å². The van der Waals surface area contributed by atoms with E-state index in [1.54, 1.807) is 18.2 Å². The van der Waals surface area contributed by atoms with Crippen molar-refractivity contribution in [2.75, 3.05) is 10.5 Å². The van der Waals surface area contributed by atoms with Crippen molar-refractivity contribution in [2.24, 2.45) is 0 Å². The molecule has 2 rings (SSSR count). The molecule has 0 aliphatic rings. The third-order valence-electron chi connectivity index (χ3n) is 2.31. The van der Waals surface area contributed by atoms with Crippen molar-refractivity contribution >= 4 is 71.7 Å². The number of pyridine rings is 1. The summed E-state index contributed by atoms with van der Waals surface area (Å²) in [6.45, 7) is 0. The summed E-state index contributed by atoms with van der Waals surface area (Å²) in [6.07, 6.45) is 1.43. The smallest absolute Gasteiger partial charge is 0.265 e. The first-order valence-corrected chi connectivity index (χ1v) is 8.92. The fourth-order valence-electron chi connectivity index (χ4n) is 1.42. The van der Waals surface area contributed by atoms with Crippen LogP contribution < -0.4 is 10.5 Å².